The monoisotopic (exact) mass is 345 g/mol. The molecule has 1 aliphatic rings. The number of carbonyl (C=O) groups is 1. The summed E-state index contributed by atoms with van der Waals surface area (Å²) in [6.07, 6.45) is 4.11. The molecule has 0 aliphatic carbocycles. The van der Waals surface area contributed by atoms with E-state index in [0.717, 1.165) is 56.0 Å². The summed E-state index contributed by atoms with van der Waals surface area (Å²) in [5, 5.41) is 4.29. The van der Waals surface area contributed by atoms with Gasteiger partial charge < -0.3 is 10.2 Å². The smallest absolute Gasteiger partial charge is 0.223 e. The molecular weight excluding hydrogens is 318 g/mol. The summed E-state index contributed by atoms with van der Waals surface area (Å²) in [5.41, 5.74) is 1.09. The minimum absolute atomic E-state index is 0.174. The van der Waals surface area contributed by atoms with Gasteiger partial charge in [-0.25, -0.2) is 4.98 Å². The number of nitrogens with zero attached hydrogens (tertiary/aromatic N) is 2. The molecule has 2 aromatic rings. The first-order chi connectivity index (χ1) is 11.7. The van der Waals surface area contributed by atoms with Gasteiger partial charge in [-0.1, -0.05) is 37.3 Å². The number of hydrogen-bond donors (Lipinski definition) is 1. The molecule has 0 bridgehead atoms. The van der Waals surface area contributed by atoms with Gasteiger partial charge >= 0.3 is 0 Å². The van der Waals surface area contributed by atoms with E-state index in [0.29, 0.717) is 5.92 Å². The predicted octanol–water partition coefficient (Wildman–Crippen LogP) is 4.07. The fourth-order valence-corrected chi connectivity index (χ4v) is 4.39. The number of amides is 1. The molecule has 24 heavy (non-hydrogen) atoms. The number of rotatable bonds is 6. The maximum Gasteiger partial charge on any atom is 0.223 e. The molecule has 1 amide bonds. The van der Waals surface area contributed by atoms with Gasteiger partial charge in [0, 0.05) is 25.6 Å². The van der Waals surface area contributed by atoms with E-state index in [1.54, 1.807) is 11.3 Å². The average molecular weight is 346 g/mol. The highest BCUT2D eigenvalue weighted by Crippen LogP contribution is 2.31. The van der Waals surface area contributed by atoms with Crippen LogP contribution in [0.1, 0.15) is 39.5 Å². The minimum atomic E-state index is 0.174. The molecule has 1 N–H and O–H groups in total. The molecule has 0 radical (unpaired) electrons. The fraction of sp³-hybridized carbons (Fsp3) is 0.579. The van der Waals surface area contributed by atoms with E-state index in [-0.39, 0.29) is 11.8 Å². The molecule has 1 aromatic heterocycles. The Morgan fingerprint density at radius 3 is 2.67 bits per heavy atom. The molecule has 1 saturated heterocycles. The van der Waals surface area contributed by atoms with Crippen LogP contribution in [0, 0.1) is 11.8 Å². The van der Waals surface area contributed by atoms with Crippen LogP contribution < -0.4 is 10.2 Å². The Morgan fingerprint density at radius 1 is 1.29 bits per heavy atom. The lowest BCUT2D eigenvalue weighted by Gasteiger charge is -2.32. The van der Waals surface area contributed by atoms with Gasteiger partial charge in [-0.3, -0.25) is 4.79 Å². The topological polar surface area (TPSA) is 45.2 Å². The maximum absolute atomic E-state index is 12.1. The Bertz CT molecular complexity index is 639. The number of para-hydroxylation sites is 1. The second kappa shape index (κ2) is 7.97. The van der Waals surface area contributed by atoms with E-state index in [4.69, 9.17) is 4.98 Å². The molecule has 4 nitrogen and oxygen atoms in total. The summed E-state index contributed by atoms with van der Waals surface area (Å²) < 4.78 is 1.26. The lowest BCUT2D eigenvalue weighted by molar-refractivity contribution is -0.125. The minimum Gasteiger partial charge on any atom is -0.356 e. The van der Waals surface area contributed by atoms with Crippen molar-refractivity contribution in [3.8, 4) is 0 Å². The molecule has 0 spiro atoms. The van der Waals surface area contributed by atoms with Crippen LogP contribution in [-0.2, 0) is 4.79 Å². The van der Waals surface area contributed by atoms with Crippen LogP contribution in [0.4, 0.5) is 5.13 Å². The Balaban J connectivity index is 1.49. The van der Waals surface area contributed by atoms with Crippen molar-refractivity contribution in [3.63, 3.8) is 0 Å². The zero-order valence-electron chi connectivity index (χ0n) is 14.6. The van der Waals surface area contributed by atoms with Crippen LogP contribution in [0.15, 0.2) is 24.3 Å². The number of hydrogen-bond acceptors (Lipinski definition) is 4. The molecular formula is C19H27N3OS. The second-order valence-corrected chi connectivity index (χ2v) is 7.66. The standard InChI is InChI=1S/C19H27N3OS/c1-3-15(4-2)18(23)20-13-14-9-11-22(12-10-14)19-21-16-7-5-6-8-17(16)24-19/h5-8,14-15H,3-4,9-13H2,1-2H3,(H,20,23). The van der Waals surface area contributed by atoms with E-state index >= 15 is 0 Å². The van der Waals surface area contributed by atoms with Gasteiger partial charge in [0.05, 0.1) is 10.2 Å². The summed E-state index contributed by atoms with van der Waals surface area (Å²) in [6.45, 7) is 7.06. The summed E-state index contributed by atoms with van der Waals surface area (Å²) in [7, 11) is 0. The first-order valence-electron chi connectivity index (χ1n) is 9.09. The van der Waals surface area contributed by atoms with Crippen molar-refractivity contribution in [1.29, 1.82) is 0 Å². The first kappa shape index (κ1) is 17.2. The number of anilines is 1. The first-order valence-corrected chi connectivity index (χ1v) is 9.91. The van der Waals surface area contributed by atoms with E-state index in [9.17, 15) is 4.79 Å². The third-order valence-electron chi connectivity index (χ3n) is 5.09. The maximum atomic E-state index is 12.1. The molecule has 1 aromatic carbocycles. The van der Waals surface area contributed by atoms with E-state index in [2.05, 4.69) is 42.3 Å². The van der Waals surface area contributed by atoms with Crippen LogP contribution in [0.25, 0.3) is 10.2 Å². The van der Waals surface area contributed by atoms with Gasteiger partial charge in [-0.15, -0.1) is 0 Å². The molecule has 0 atom stereocenters. The third-order valence-corrected chi connectivity index (χ3v) is 6.19. The van der Waals surface area contributed by atoms with Gasteiger partial charge in [0.25, 0.3) is 0 Å². The molecule has 0 saturated carbocycles. The zero-order chi connectivity index (χ0) is 16.9. The summed E-state index contributed by atoms with van der Waals surface area (Å²) in [6, 6.07) is 8.33. The lowest BCUT2D eigenvalue weighted by Crippen LogP contribution is -2.40. The van der Waals surface area contributed by atoms with Crippen LogP contribution in [0.3, 0.4) is 0 Å². The Labute approximate surface area is 148 Å². The van der Waals surface area contributed by atoms with Gasteiger partial charge in [0.15, 0.2) is 5.13 Å². The molecule has 5 heteroatoms. The van der Waals surface area contributed by atoms with Crippen LogP contribution in [-0.4, -0.2) is 30.5 Å². The third kappa shape index (κ3) is 3.89. The number of carbonyl (C=O) groups excluding carboxylic acids is 1. The Kier molecular flexibility index (Phi) is 5.72. The molecule has 0 unspecified atom stereocenters. The highest BCUT2D eigenvalue weighted by molar-refractivity contribution is 7.22. The van der Waals surface area contributed by atoms with Crippen LogP contribution >= 0.6 is 11.3 Å². The normalized spacial score (nSPS) is 16.0. The van der Waals surface area contributed by atoms with Crippen molar-refractivity contribution in [2.45, 2.75) is 39.5 Å². The highest BCUT2D eigenvalue weighted by Gasteiger charge is 2.23. The van der Waals surface area contributed by atoms with Crippen molar-refractivity contribution in [1.82, 2.24) is 10.3 Å². The molecule has 1 fully saturated rings. The second-order valence-electron chi connectivity index (χ2n) is 6.65. The molecule has 3 rings (SSSR count). The van der Waals surface area contributed by atoms with E-state index in [1.165, 1.54) is 4.70 Å². The molecule has 1 aliphatic heterocycles. The Morgan fingerprint density at radius 2 is 2.00 bits per heavy atom. The zero-order valence-corrected chi connectivity index (χ0v) is 15.4. The number of aromatic nitrogens is 1. The quantitative estimate of drug-likeness (QED) is 0.858. The Hall–Kier alpha value is -1.62. The van der Waals surface area contributed by atoms with Gasteiger partial charge in [0.1, 0.15) is 0 Å². The number of fused-ring (bicyclic) bond motifs is 1. The molecule has 2 heterocycles. The number of nitrogens with one attached hydrogen (secondary N) is 1. The average Bonchev–Trinajstić information content (AvgIpc) is 3.05. The fourth-order valence-electron chi connectivity index (χ4n) is 3.37. The SMILES string of the molecule is CCC(CC)C(=O)NCC1CCN(c2nc3ccccc3s2)CC1. The largest absolute Gasteiger partial charge is 0.356 e. The van der Waals surface area contributed by atoms with Crippen molar-refractivity contribution in [3.05, 3.63) is 24.3 Å². The van der Waals surface area contributed by atoms with E-state index in [1.807, 2.05) is 6.07 Å². The van der Waals surface area contributed by atoms with Crippen molar-refractivity contribution in [2.75, 3.05) is 24.5 Å². The van der Waals surface area contributed by atoms with Crippen molar-refractivity contribution in [2.24, 2.45) is 11.8 Å². The lowest BCUT2D eigenvalue weighted by atomic mass is 9.96. The summed E-state index contributed by atoms with van der Waals surface area (Å²) in [5.74, 6) is 0.996. The van der Waals surface area contributed by atoms with E-state index < -0.39 is 0 Å². The molecule has 130 valence electrons. The van der Waals surface area contributed by atoms with Crippen molar-refractivity contribution < 1.29 is 4.79 Å². The number of benzene rings is 1. The highest BCUT2D eigenvalue weighted by atomic mass is 32.1. The van der Waals surface area contributed by atoms with Crippen LogP contribution in [0.5, 0.6) is 0 Å². The van der Waals surface area contributed by atoms with Gasteiger partial charge in [-0.2, -0.15) is 0 Å². The summed E-state index contributed by atoms with van der Waals surface area (Å²) >= 11 is 1.78. The van der Waals surface area contributed by atoms with Crippen molar-refractivity contribution >= 4 is 32.6 Å². The van der Waals surface area contributed by atoms with Crippen LogP contribution in [0.2, 0.25) is 0 Å². The predicted molar refractivity (Wildman–Crippen MR) is 102 cm³/mol. The van der Waals surface area contributed by atoms with Gasteiger partial charge in [0.2, 0.25) is 5.91 Å². The van der Waals surface area contributed by atoms with Gasteiger partial charge in [-0.05, 0) is 43.7 Å². The number of thiazole rings is 1. The number of piperidine rings is 1. The summed E-state index contributed by atoms with van der Waals surface area (Å²) in [4.78, 5) is 19.3.